The molecule has 0 radical (unpaired) electrons. The fourth-order valence-electron chi connectivity index (χ4n) is 8.43. The molecule has 48 heavy (non-hydrogen) atoms. The highest BCUT2D eigenvalue weighted by Crippen LogP contribution is 2.47. The molecule has 10 aromatic rings. The lowest BCUT2D eigenvalue weighted by Crippen LogP contribution is -2.02. The smallest absolute Gasteiger partial charge is 0.136 e. The maximum atomic E-state index is 6.54. The molecule has 0 spiro atoms. The zero-order valence-electron chi connectivity index (χ0n) is 26.1. The van der Waals surface area contributed by atoms with Gasteiger partial charge in [-0.05, 0) is 115 Å². The number of furan rings is 2. The molecule has 2 aromatic heterocycles. The summed E-state index contributed by atoms with van der Waals surface area (Å²) in [5, 5.41) is 12.1. The molecular formula is C46H28O2. The van der Waals surface area contributed by atoms with Gasteiger partial charge in [-0.1, -0.05) is 109 Å². The van der Waals surface area contributed by atoms with Gasteiger partial charge in [0.15, 0.2) is 0 Å². The van der Waals surface area contributed by atoms with Crippen LogP contribution in [0.5, 0.6) is 0 Å². The highest BCUT2D eigenvalue weighted by molar-refractivity contribution is 6.21. The van der Waals surface area contributed by atoms with Gasteiger partial charge in [0.25, 0.3) is 0 Å². The summed E-state index contributed by atoms with van der Waals surface area (Å²) < 4.78 is 13.1. The van der Waals surface area contributed by atoms with Crippen molar-refractivity contribution in [2.24, 2.45) is 0 Å². The van der Waals surface area contributed by atoms with Gasteiger partial charge in [0.05, 0.1) is 0 Å². The van der Waals surface area contributed by atoms with E-state index >= 15 is 0 Å². The van der Waals surface area contributed by atoms with Crippen molar-refractivity contribution in [3.63, 3.8) is 0 Å². The van der Waals surface area contributed by atoms with Gasteiger partial charge in [-0.2, -0.15) is 0 Å². The zero-order valence-corrected chi connectivity index (χ0v) is 26.1. The third kappa shape index (κ3) is 3.57. The average molecular weight is 613 g/mol. The first-order valence-electron chi connectivity index (χ1n) is 16.7. The van der Waals surface area contributed by atoms with Gasteiger partial charge in [-0.15, -0.1) is 0 Å². The third-order valence-electron chi connectivity index (χ3n) is 10.5. The molecule has 2 heteroatoms. The Kier molecular flexibility index (Phi) is 5.25. The molecule has 224 valence electrons. The van der Waals surface area contributed by atoms with Crippen LogP contribution < -0.4 is 0 Å². The van der Waals surface area contributed by atoms with Gasteiger partial charge >= 0.3 is 0 Å². The Bertz CT molecular complexity index is 3000. The quantitative estimate of drug-likeness (QED) is 0.194. The maximum absolute atomic E-state index is 6.54. The first kappa shape index (κ1) is 26.0. The van der Waals surface area contributed by atoms with Gasteiger partial charge in [-0.25, -0.2) is 0 Å². The summed E-state index contributed by atoms with van der Waals surface area (Å²) in [7, 11) is 0. The van der Waals surface area contributed by atoms with Gasteiger partial charge in [-0.3, -0.25) is 0 Å². The number of hydrogen-bond donors (Lipinski definition) is 0. The minimum atomic E-state index is 0.920. The highest BCUT2D eigenvalue weighted by Gasteiger charge is 2.23. The summed E-state index contributed by atoms with van der Waals surface area (Å²) >= 11 is 0. The van der Waals surface area contributed by atoms with E-state index in [1.165, 1.54) is 76.5 Å². The van der Waals surface area contributed by atoms with Crippen LogP contribution in [0.1, 0.15) is 17.5 Å². The van der Waals surface area contributed by atoms with Crippen molar-refractivity contribution in [2.45, 2.75) is 12.8 Å². The third-order valence-corrected chi connectivity index (χ3v) is 10.5. The van der Waals surface area contributed by atoms with Crippen LogP contribution in [-0.2, 0) is 6.42 Å². The van der Waals surface area contributed by atoms with Gasteiger partial charge < -0.3 is 8.83 Å². The van der Waals surface area contributed by atoms with Crippen molar-refractivity contribution in [2.75, 3.05) is 0 Å². The predicted molar refractivity (Wildman–Crippen MR) is 202 cm³/mol. The predicted octanol–water partition coefficient (Wildman–Crippen LogP) is 13.2. The van der Waals surface area contributed by atoms with E-state index < -0.39 is 0 Å². The second-order valence-corrected chi connectivity index (χ2v) is 13.1. The molecule has 0 saturated carbocycles. The summed E-state index contributed by atoms with van der Waals surface area (Å²) in [5.74, 6) is 0. The highest BCUT2D eigenvalue weighted by atomic mass is 16.3. The molecule has 8 aromatic carbocycles. The fourth-order valence-corrected chi connectivity index (χ4v) is 8.43. The van der Waals surface area contributed by atoms with E-state index in [2.05, 4.69) is 146 Å². The first-order valence-corrected chi connectivity index (χ1v) is 16.7. The lowest BCUT2D eigenvalue weighted by atomic mass is 9.80. The van der Waals surface area contributed by atoms with Crippen LogP contribution in [0.15, 0.2) is 148 Å². The van der Waals surface area contributed by atoms with Crippen molar-refractivity contribution in [3.05, 3.63) is 151 Å². The lowest BCUT2D eigenvalue weighted by molar-refractivity contribution is 0.669. The van der Waals surface area contributed by atoms with Crippen molar-refractivity contribution in [1.29, 1.82) is 0 Å². The number of allylic oxidation sites excluding steroid dienone is 1. The molecule has 0 unspecified atom stereocenters. The Hall–Kier alpha value is -6.12. The van der Waals surface area contributed by atoms with Crippen LogP contribution in [0.4, 0.5) is 0 Å². The largest absolute Gasteiger partial charge is 0.456 e. The molecule has 11 rings (SSSR count). The fraction of sp³-hybridized carbons (Fsp3) is 0.0435. The van der Waals surface area contributed by atoms with Gasteiger partial charge in [0, 0.05) is 21.5 Å². The Morgan fingerprint density at radius 2 is 0.938 bits per heavy atom. The van der Waals surface area contributed by atoms with E-state index in [-0.39, 0.29) is 0 Å². The van der Waals surface area contributed by atoms with Crippen LogP contribution >= 0.6 is 0 Å². The summed E-state index contributed by atoms with van der Waals surface area (Å²) in [4.78, 5) is 0. The van der Waals surface area contributed by atoms with Crippen LogP contribution in [0.3, 0.4) is 0 Å². The molecule has 0 aliphatic heterocycles. The van der Waals surface area contributed by atoms with Crippen molar-refractivity contribution >= 4 is 82.3 Å². The molecule has 2 nitrogen and oxygen atoms in total. The number of hydrogen-bond acceptors (Lipinski definition) is 2. The van der Waals surface area contributed by atoms with Crippen molar-refractivity contribution in [3.8, 4) is 22.3 Å². The Morgan fingerprint density at radius 1 is 0.417 bits per heavy atom. The van der Waals surface area contributed by atoms with E-state index in [4.69, 9.17) is 8.83 Å². The van der Waals surface area contributed by atoms with Crippen molar-refractivity contribution in [1.82, 2.24) is 0 Å². The van der Waals surface area contributed by atoms with Crippen molar-refractivity contribution < 1.29 is 8.83 Å². The molecule has 0 fully saturated rings. The van der Waals surface area contributed by atoms with E-state index in [9.17, 15) is 0 Å². The summed E-state index contributed by atoms with van der Waals surface area (Å²) in [6.07, 6.45) is 6.67. The van der Waals surface area contributed by atoms with E-state index in [0.717, 1.165) is 45.9 Å². The molecule has 1 aliphatic carbocycles. The topological polar surface area (TPSA) is 26.3 Å². The first-order chi connectivity index (χ1) is 23.8. The van der Waals surface area contributed by atoms with Crippen LogP contribution in [0.25, 0.3) is 105 Å². The Balaban J connectivity index is 1.16. The number of fused-ring (bicyclic) bond motifs is 12. The zero-order chi connectivity index (χ0) is 31.3. The SMILES string of the molecule is C1=Cc2c(c(-c3ccc4c(c3)oc3ccc5ccccc5c34)c3ccccc3c2-c2ccc3c(c2)oc2ccc4ccccc4c23)CC1. The van der Waals surface area contributed by atoms with Gasteiger partial charge in [0.1, 0.15) is 22.3 Å². The standard InChI is InChI=1S/C46H28O2/c1-3-11-31-27(9-1)19-23-39-45(31)37-21-17-29(25-41(37)47-39)43-33-13-5-7-15-35(33)44(36-16-8-6-14-34(36)43)30-18-22-38-42(26-30)48-40-24-20-28-10-2-4-12-32(28)46(38)40/h1-7,9-15,17-26H,8,16H2. The normalized spacial score (nSPS) is 13.2. The molecule has 2 heterocycles. The summed E-state index contributed by atoms with van der Waals surface area (Å²) in [6, 6.07) is 48.1. The second kappa shape index (κ2) is 9.70. The minimum absolute atomic E-state index is 0.920. The average Bonchev–Trinajstić information content (AvgIpc) is 3.71. The molecule has 0 atom stereocenters. The number of benzene rings is 8. The van der Waals surface area contributed by atoms with Gasteiger partial charge in [0.2, 0.25) is 0 Å². The maximum Gasteiger partial charge on any atom is 0.136 e. The molecule has 1 aliphatic rings. The number of rotatable bonds is 2. The van der Waals surface area contributed by atoms with Crippen LogP contribution in [-0.4, -0.2) is 0 Å². The second-order valence-electron chi connectivity index (χ2n) is 13.1. The molecular weight excluding hydrogens is 585 g/mol. The van der Waals surface area contributed by atoms with E-state index in [1.807, 2.05) is 0 Å². The monoisotopic (exact) mass is 612 g/mol. The minimum Gasteiger partial charge on any atom is -0.456 e. The molecule has 0 bridgehead atoms. The molecule has 0 amide bonds. The van der Waals surface area contributed by atoms with E-state index in [1.54, 1.807) is 0 Å². The summed E-state index contributed by atoms with van der Waals surface area (Å²) in [6.45, 7) is 0. The van der Waals surface area contributed by atoms with E-state index in [0.29, 0.717) is 0 Å². The summed E-state index contributed by atoms with van der Waals surface area (Å²) in [5.41, 5.74) is 11.3. The lowest BCUT2D eigenvalue weighted by Gasteiger charge is -2.23. The molecule has 0 saturated heterocycles. The van der Waals surface area contributed by atoms with Crippen LogP contribution in [0, 0.1) is 0 Å². The Labute approximate surface area is 276 Å². The molecule has 0 N–H and O–H groups in total. The Morgan fingerprint density at radius 3 is 1.54 bits per heavy atom. The van der Waals surface area contributed by atoms with Crippen LogP contribution in [0.2, 0.25) is 0 Å².